The highest BCUT2D eigenvalue weighted by Crippen LogP contribution is 2.34. The van der Waals surface area contributed by atoms with E-state index in [1.54, 1.807) is 12.1 Å². The molecule has 7 nitrogen and oxygen atoms in total. The summed E-state index contributed by atoms with van der Waals surface area (Å²) in [6.07, 6.45) is 1.50. The Morgan fingerprint density at radius 3 is 2.71 bits per heavy atom. The van der Waals surface area contributed by atoms with Crippen molar-refractivity contribution in [1.29, 1.82) is 0 Å². The largest absolute Gasteiger partial charge is 0.492 e. The summed E-state index contributed by atoms with van der Waals surface area (Å²) in [6.45, 7) is 1.33. The van der Waals surface area contributed by atoms with E-state index in [0.717, 1.165) is 18.7 Å². The third kappa shape index (κ3) is 4.73. The minimum atomic E-state index is -0.853. The van der Waals surface area contributed by atoms with Gasteiger partial charge in [-0.1, -0.05) is 11.6 Å². The van der Waals surface area contributed by atoms with Gasteiger partial charge < -0.3 is 14.4 Å². The maximum absolute atomic E-state index is 13.8. The summed E-state index contributed by atoms with van der Waals surface area (Å²) in [6, 6.07) is 8.21. The quantitative estimate of drug-likeness (QED) is 0.445. The lowest BCUT2D eigenvalue weighted by molar-refractivity contribution is 0.261. The lowest BCUT2D eigenvalue weighted by Crippen LogP contribution is -2.19. The van der Waals surface area contributed by atoms with Crippen LogP contribution in [0.1, 0.15) is 0 Å². The van der Waals surface area contributed by atoms with Gasteiger partial charge in [0.2, 0.25) is 0 Å². The fourth-order valence-electron chi connectivity index (χ4n) is 2.83. The van der Waals surface area contributed by atoms with Crippen LogP contribution in [0.4, 0.5) is 8.78 Å². The monoisotopic (exact) mass is 445 g/mol. The number of fused-ring (bicyclic) bond motifs is 1. The minimum absolute atomic E-state index is 0.107. The highest BCUT2D eigenvalue weighted by atomic mass is 35.5. The first-order chi connectivity index (χ1) is 14.9. The second-order valence-corrected chi connectivity index (χ2v) is 7.36. The molecule has 0 saturated heterocycles. The molecule has 4 aromatic rings. The van der Waals surface area contributed by atoms with Gasteiger partial charge >= 0.3 is 6.01 Å². The summed E-state index contributed by atoms with van der Waals surface area (Å²) >= 11 is 6.45. The zero-order valence-electron chi connectivity index (χ0n) is 16.7. The number of aromatic amines is 1. The molecule has 0 saturated carbocycles. The van der Waals surface area contributed by atoms with Gasteiger partial charge in [-0.25, -0.2) is 13.8 Å². The minimum Gasteiger partial charge on any atom is -0.492 e. The molecule has 160 valence electrons. The van der Waals surface area contributed by atoms with Gasteiger partial charge in [0, 0.05) is 24.4 Å². The van der Waals surface area contributed by atoms with Gasteiger partial charge in [-0.3, -0.25) is 5.10 Å². The Morgan fingerprint density at radius 1 is 1.13 bits per heavy atom. The van der Waals surface area contributed by atoms with E-state index in [1.165, 1.54) is 12.3 Å². The van der Waals surface area contributed by atoms with Crippen molar-refractivity contribution in [2.45, 2.75) is 0 Å². The van der Waals surface area contributed by atoms with Crippen LogP contribution in [0.25, 0.3) is 22.3 Å². The van der Waals surface area contributed by atoms with Crippen LogP contribution < -0.4 is 9.47 Å². The van der Waals surface area contributed by atoms with Crippen molar-refractivity contribution in [2.75, 3.05) is 27.2 Å². The van der Waals surface area contributed by atoms with Gasteiger partial charge in [0.05, 0.1) is 10.4 Å². The molecule has 0 aliphatic rings. The maximum Gasteiger partial charge on any atom is 0.324 e. The van der Waals surface area contributed by atoms with Gasteiger partial charge in [0.15, 0.2) is 17.2 Å². The van der Waals surface area contributed by atoms with Crippen LogP contribution in [0.15, 0.2) is 42.6 Å². The van der Waals surface area contributed by atoms with Crippen LogP contribution in [-0.4, -0.2) is 52.3 Å². The topological polar surface area (TPSA) is 76.2 Å². The van der Waals surface area contributed by atoms with Crippen LogP contribution in [0, 0.1) is 11.6 Å². The lowest BCUT2D eigenvalue weighted by Gasteiger charge is -2.12. The Morgan fingerprint density at radius 2 is 1.97 bits per heavy atom. The van der Waals surface area contributed by atoms with Gasteiger partial charge in [0.1, 0.15) is 23.9 Å². The number of rotatable bonds is 7. The molecular weight excluding hydrogens is 428 g/mol. The summed E-state index contributed by atoms with van der Waals surface area (Å²) in [7, 11) is 3.94. The molecule has 0 aliphatic carbocycles. The van der Waals surface area contributed by atoms with E-state index in [-0.39, 0.29) is 11.8 Å². The molecule has 2 heterocycles. The average molecular weight is 446 g/mol. The van der Waals surface area contributed by atoms with E-state index in [2.05, 4.69) is 20.2 Å². The van der Waals surface area contributed by atoms with Gasteiger partial charge in [-0.2, -0.15) is 10.1 Å². The SMILES string of the molecule is CN(C)CCOc1ccc(-c2n[nH]c3nc(Oc4ccc(F)cc4F)ncc23)c(Cl)c1. The molecule has 31 heavy (non-hydrogen) atoms. The van der Waals surface area contributed by atoms with Gasteiger partial charge in [0.25, 0.3) is 0 Å². The fraction of sp³-hybridized carbons (Fsp3) is 0.190. The first kappa shape index (κ1) is 21.0. The molecule has 0 radical (unpaired) electrons. The maximum atomic E-state index is 13.8. The predicted octanol–water partition coefficient (Wildman–Crippen LogP) is 4.68. The number of hydrogen-bond acceptors (Lipinski definition) is 6. The molecule has 0 atom stereocenters. The van der Waals surface area contributed by atoms with E-state index in [4.69, 9.17) is 21.1 Å². The van der Waals surface area contributed by atoms with Crippen LogP contribution in [0.2, 0.25) is 5.02 Å². The molecule has 0 bridgehead atoms. The standard InChI is InChI=1S/C21H18ClF2N5O2/c1-29(2)7-8-30-13-4-5-14(16(22)10-13)19-15-11-25-21(26-20(15)28-27-19)31-18-6-3-12(23)9-17(18)24/h3-6,9-11H,7-8H2,1-2H3,(H,25,26,27,28). The third-order valence-corrected chi connectivity index (χ3v) is 4.71. The molecule has 4 rings (SSSR count). The summed E-state index contributed by atoms with van der Waals surface area (Å²) in [5.41, 5.74) is 1.61. The molecule has 10 heteroatoms. The smallest absolute Gasteiger partial charge is 0.324 e. The van der Waals surface area contributed by atoms with Crippen LogP contribution in [-0.2, 0) is 0 Å². The second kappa shape index (κ2) is 8.83. The van der Waals surface area contributed by atoms with Crippen molar-refractivity contribution in [2.24, 2.45) is 0 Å². The fourth-order valence-corrected chi connectivity index (χ4v) is 3.09. The number of nitrogens with one attached hydrogen (secondary N) is 1. The molecule has 0 unspecified atom stereocenters. The van der Waals surface area contributed by atoms with Gasteiger partial charge in [-0.15, -0.1) is 0 Å². The van der Waals surface area contributed by atoms with Crippen molar-refractivity contribution in [3.63, 3.8) is 0 Å². The first-order valence-electron chi connectivity index (χ1n) is 9.32. The summed E-state index contributed by atoms with van der Waals surface area (Å²) < 4.78 is 37.9. The number of nitrogens with zero attached hydrogens (tertiary/aromatic N) is 4. The molecule has 1 N–H and O–H groups in total. The third-order valence-electron chi connectivity index (χ3n) is 4.39. The van der Waals surface area contributed by atoms with E-state index in [1.807, 2.05) is 25.1 Å². The normalized spacial score (nSPS) is 11.3. The van der Waals surface area contributed by atoms with Crippen molar-refractivity contribution >= 4 is 22.6 Å². The zero-order chi connectivity index (χ0) is 22.0. The van der Waals surface area contributed by atoms with Crippen molar-refractivity contribution in [3.05, 3.63) is 59.3 Å². The van der Waals surface area contributed by atoms with E-state index in [0.29, 0.717) is 39.7 Å². The summed E-state index contributed by atoms with van der Waals surface area (Å²) in [5.74, 6) is -1.09. The van der Waals surface area contributed by atoms with Crippen molar-refractivity contribution in [3.8, 4) is 28.8 Å². The van der Waals surface area contributed by atoms with E-state index >= 15 is 0 Å². The molecule has 2 aromatic carbocycles. The predicted molar refractivity (Wildman–Crippen MR) is 113 cm³/mol. The van der Waals surface area contributed by atoms with E-state index < -0.39 is 11.6 Å². The summed E-state index contributed by atoms with van der Waals surface area (Å²) in [5, 5.41) is 8.14. The average Bonchev–Trinajstić information content (AvgIpc) is 3.13. The Bertz CT molecular complexity index is 1230. The summed E-state index contributed by atoms with van der Waals surface area (Å²) in [4.78, 5) is 10.3. The van der Waals surface area contributed by atoms with Gasteiger partial charge in [-0.05, 0) is 44.4 Å². The number of hydrogen-bond donors (Lipinski definition) is 1. The molecule has 0 spiro atoms. The number of ether oxygens (including phenoxy) is 2. The molecule has 2 aromatic heterocycles. The molecule has 0 amide bonds. The highest BCUT2D eigenvalue weighted by molar-refractivity contribution is 6.33. The van der Waals surface area contributed by atoms with Crippen LogP contribution in [0.5, 0.6) is 17.5 Å². The zero-order valence-corrected chi connectivity index (χ0v) is 17.5. The Hall–Kier alpha value is -3.30. The van der Waals surface area contributed by atoms with Crippen molar-refractivity contribution < 1.29 is 18.3 Å². The van der Waals surface area contributed by atoms with E-state index in [9.17, 15) is 8.78 Å². The number of H-pyrrole nitrogens is 1. The highest BCUT2D eigenvalue weighted by Gasteiger charge is 2.16. The second-order valence-electron chi connectivity index (χ2n) is 6.96. The van der Waals surface area contributed by atoms with Crippen LogP contribution >= 0.6 is 11.6 Å². The number of aromatic nitrogens is 4. The molecule has 0 fully saturated rings. The molecular formula is C21H18ClF2N5O2. The number of likely N-dealkylation sites (N-methyl/N-ethyl adjacent to an activating group) is 1. The lowest BCUT2D eigenvalue weighted by atomic mass is 10.1. The first-order valence-corrected chi connectivity index (χ1v) is 9.70. The Balaban J connectivity index is 1.57. The number of benzene rings is 2. The Labute approximate surface area is 181 Å². The molecule has 0 aliphatic heterocycles. The number of halogens is 3. The Kier molecular flexibility index (Phi) is 5.97. The van der Waals surface area contributed by atoms with Crippen molar-refractivity contribution in [1.82, 2.24) is 25.1 Å². The van der Waals surface area contributed by atoms with Crippen LogP contribution in [0.3, 0.4) is 0 Å².